The molecule has 1 fully saturated rings. The molecule has 1 unspecified atom stereocenters. The summed E-state index contributed by atoms with van der Waals surface area (Å²) in [6.45, 7) is 4.47. The lowest BCUT2D eigenvalue weighted by Gasteiger charge is -2.28. The maximum Gasteiger partial charge on any atom is 0.0662 e. The van der Waals surface area contributed by atoms with Crippen LogP contribution < -0.4 is 5.32 Å². The fraction of sp³-hybridized carbons (Fsp3) is 0.647. The van der Waals surface area contributed by atoms with Crippen molar-refractivity contribution in [2.75, 3.05) is 19.8 Å². The lowest BCUT2D eigenvalue weighted by atomic mass is 9.89. The zero-order valence-corrected chi connectivity index (χ0v) is 12.4. The van der Waals surface area contributed by atoms with Crippen molar-refractivity contribution in [3.05, 3.63) is 35.9 Å². The van der Waals surface area contributed by atoms with Crippen molar-refractivity contribution in [3.63, 3.8) is 0 Å². The molecule has 112 valence electrons. The summed E-state index contributed by atoms with van der Waals surface area (Å²) in [6, 6.07) is 10.9. The largest absolute Gasteiger partial charge is 0.392 e. The third-order valence-corrected chi connectivity index (χ3v) is 4.18. The monoisotopic (exact) mass is 277 g/mol. The van der Waals surface area contributed by atoms with Crippen LogP contribution in [-0.4, -0.2) is 31.0 Å². The Balaban J connectivity index is 1.95. The van der Waals surface area contributed by atoms with Crippen molar-refractivity contribution in [3.8, 4) is 0 Å². The molecule has 1 saturated heterocycles. The quantitative estimate of drug-likeness (QED) is 0.805. The molecular formula is C17H27NO2. The first kappa shape index (κ1) is 15.5. The van der Waals surface area contributed by atoms with Gasteiger partial charge in [0, 0.05) is 25.8 Å². The first-order chi connectivity index (χ1) is 9.79. The molecule has 3 heteroatoms. The predicted molar refractivity (Wildman–Crippen MR) is 81.6 cm³/mol. The van der Waals surface area contributed by atoms with Gasteiger partial charge < -0.3 is 15.2 Å². The van der Waals surface area contributed by atoms with Gasteiger partial charge in [-0.25, -0.2) is 0 Å². The predicted octanol–water partition coefficient (Wildman–Crippen LogP) is 2.90. The van der Waals surface area contributed by atoms with Gasteiger partial charge in [-0.2, -0.15) is 0 Å². The number of ether oxygens (including phenoxy) is 1. The number of hydrogen-bond acceptors (Lipinski definition) is 3. The second-order valence-electron chi connectivity index (χ2n) is 5.73. The van der Waals surface area contributed by atoms with Crippen LogP contribution in [0.1, 0.15) is 44.2 Å². The van der Waals surface area contributed by atoms with E-state index in [1.807, 2.05) is 6.92 Å². The second kappa shape index (κ2) is 8.40. The Hall–Kier alpha value is -0.900. The molecule has 2 N–H and O–H groups in total. The van der Waals surface area contributed by atoms with Crippen LogP contribution in [-0.2, 0) is 4.74 Å². The maximum absolute atomic E-state index is 9.78. The van der Waals surface area contributed by atoms with E-state index in [9.17, 15) is 5.11 Å². The smallest absolute Gasteiger partial charge is 0.0662 e. The zero-order chi connectivity index (χ0) is 14.2. The highest BCUT2D eigenvalue weighted by Gasteiger charge is 2.20. The normalized spacial score (nSPS) is 19.7. The zero-order valence-electron chi connectivity index (χ0n) is 12.4. The molecule has 0 amide bonds. The van der Waals surface area contributed by atoms with Gasteiger partial charge in [-0.05, 0) is 37.2 Å². The molecule has 0 bridgehead atoms. The Morgan fingerprint density at radius 2 is 1.95 bits per heavy atom. The number of benzene rings is 1. The van der Waals surface area contributed by atoms with Gasteiger partial charge >= 0.3 is 0 Å². The summed E-state index contributed by atoms with van der Waals surface area (Å²) in [6.07, 6.45) is 3.98. The van der Waals surface area contributed by atoms with E-state index in [0.717, 1.165) is 44.8 Å². The van der Waals surface area contributed by atoms with Crippen molar-refractivity contribution in [2.24, 2.45) is 5.92 Å². The summed E-state index contributed by atoms with van der Waals surface area (Å²) in [5.41, 5.74) is 1.32. The lowest BCUT2D eigenvalue weighted by molar-refractivity contribution is 0.0596. The van der Waals surface area contributed by atoms with Gasteiger partial charge in [-0.3, -0.25) is 0 Å². The summed E-state index contributed by atoms with van der Waals surface area (Å²) in [5, 5.41) is 13.3. The average molecular weight is 277 g/mol. The molecule has 1 aromatic carbocycles. The molecule has 1 aromatic rings. The average Bonchev–Trinajstić information content (AvgIpc) is 2.53. The third-order valence-electron chi connectivity index (χ3n) is 4.18. The molecular weight excluding hydrogens is 250 g/mol. The van der Waals surface area contributed by atoms with Gasteiger partial charge in [-0.1, -0.05) is 37.3 Å². The molecule has 0 radical (unpaired) electrons. The van der Waals surface area contributed by atoms with Crippen molar-refractivity contribution in [1.29, 1.82) is 0 Å². The Morgan fingerprint density at radius 3 is 2.60 bits per heavy atom. The van der Waals surface area contributed by atoms with E-state index in [0.29, 0.717) is 12.6 Å². The van der Waals surface area contributed by atoms with Crippen LogP contribution in [0.25, 0.3) is 0 Å². The number of nitrogens with one attached hydrogen (secondary N) is 1. The van der Waals surface area contributed by atoms with E-state index < -0.39 is 0 Å². The van der Waals surface area contributed by atoms with E-state index in [2.05, 4.69) is 35.6 Å². The lowest BCUT2D eigenvalue weighted by Crippen LogP contribution is -2.32. The molecule has 0 aliphatic carbocycles. The number of hydrogen-bond donors (Lipinski definition) is 2. The molecule has 0 aromatic heterocycles. The van der Waals surface area contributed by atoms with Crippen molar-refractivity contribution >= 4 is 0 Å². The van der Waals surface area contributed by atoms with E-state index >= 15 is 0 Å². The minimum absolute atomic E-state index is 0.254. The number of aliphatic hydroxyl groups is 1. The molecule has 2 rings (SSSR count). The van der Waals surface area contributed by atoms with E-state index in [4.69, 9.17) is 4.74 Å². The van der Waals surface area contributed by atoms with Crippen LogP contribution in [0.5, 0.6) is 0 Å². The van der Waals surface area contributed by atoms with E-state index in [1.165, 1.54) is 5.56 Å². The van der Waals surface area contributed by atoms with E-state index in [1.54, 1.807) is 0 Å². The highest BCUT2D eigenvalue weighted by molar-refractivity contribution is 5.19. The fourth-order valence-electron chi connectivity index (χ4n) is 2.76. The minimum Gasteiger partial charge on any atom is -0.392 e. The SMILES string of the molecule is CC[C@H](O)CNC(CC1CCOCC1)c1ccccc1. The topological polar surface area (TPSA) is 41.5 Å². The fourth-order valence-corrected chi connectivity index (χ4v) is 2.76. The number of aliphatic hydroxyl groups excluding tert-OH is 1. The van der Waals surface area contributed by atoms with E-state index in [-0.39, 0.29) is 6.10 Å². The third kappa shape index (κ3) is 4.89. The summed E-state index contributed by atoms with van der Waals surface area (Å²) < 4.78 is 5.44. The molecule has 20 heavy (non-hydrogen) atoms. The minimum atomic E-state index is -0.254. The van der Waals surface area contributed by atoms with Crippen LogP contribution in [0, 0.1) is 5.92 Å². The Labute approximate surface area is 122 Å². The molecule has 1 heterocycles. The van der Waals surface area contributed by atoms with Gasteiger partial charge in [0.15, 0.2) is 0 Å². The van der Waals surface area contributed by atoms with Gasteiger partial charge in [-0.15, -0.1) is 0 Å². The first-order valence-corrected chi connectivity index (χ1v) is 7.83. The second-order valence-corrected chi connectivity index (χ2v) is 5.73. The Bertz CT molecular complexity index is 363. The van der Waals surface area contributed by atoms with Gasteiger partial charge in [0.1, 0.15) is 0 Å². The maximum atomic E-state index is 9.78. The van der Waals surface area contributed by atoms with Crippen LogP contribution >= 0.6 is 0 Å². The van der Waals surface area contributed by atoms with Crippen LogP contribution in [0.4, 0.5) is 0 Å². The molecule has 3 nitrogen and oxygen atoms in total. The summed E-state index contributed by atoms with van der Waals surface area (Å²) in [4.78, 5) is 0. The Morgan fingerprint density at radius 1 is 1.25 bits per heavy atom. The first-order valence-electron chi connectivity index (χ1n) is 7.83. The summed E-state index contributed by atoms with van der Waals surface area (Å²) in [5.74, 6) is 0.722. The highest BCUT2D eigenvalue weighted by Crippen LogP contribution is 2.27. The van der Waals surface area contributed by atoms with Gasteiger partial charge in [0.2, 0.25) is 0 Å². The van der Waals surface area contributed by atoms with Crippen molar-refractivity contribution in [2.45, 2.75) is 44.8 Å². The Kier molecular flexibility index (Phi) is 6.51. The molecule has 0 spiro atoms. The summed E-state index contributed by atoms with van der Waals surface area (Å²) in [7, 11) is 0. The number of rotatable bonds is 7. The van der Waals surface area contributed by atoms with Gasteiger partial charge in [0.25, 0.3) is 0 Å². The molecule has 0 saturated carbocycles. The summed E-state index contributed by atoms with van der Waals surface area (Å²) >= 11 is 0. The van der Waals surface area contributed by atoms with Crippen molar-refractivity contribution < 1.29 is 9.84 Å². The molecule has 1 aliphatic rings. The molecule has 2 atom stereocenters. The standard InChI is InChI=1S/C17H27NO2/c1-2-16(19)13-18-17(15-6-4-3-5-7-15)12-14-8-10-20-11-9-14/h3-7,14,16-19H,2,8-13H2,1H3/t16-,17?/m0/s1. The van der Waals surface area contributed by atoms with Gasteiger partial charge in [0.05, 0.1) is 6.10 Å². The van der Waals surface area contributed by atoms with Crippen molar-refractivity contribution in [1.82, 2.24) is 5.32 Å². The van der Waals surface area contributed by atoms with Crippen LogP contribution in [0.15, 0.2) is 30.3 Å². The highest BCUT2D eigenvalue weighted by atomic mass is 16.5. The molecule has 1 aliphatic heterocycles. The van der Waals surface area contributed by atoms with Crippen LogP contribution in [0.2, 0.25) is 0 Å². The van der Waals surface area contributed by atoms with Crippen LogP contribution in [0.3, 0.4) is 0 Å².